The fraction of sp³-hybridized carbons (Fsp3) is 0.286. The zero-order valence-electron chi connectivity index (χ0n) is 5.56. The highest BCUT2D eigenvalue weighted by atomic mass is 127. The summed E-state index contributed by atoms with van der Waals surface area (Å²) in [5.41, 5.74) is 2.14. The standard InChI is InChI=1S/C7H7ClIN/c1-5-6(3-8)2-7(9)4-10-5/h2,4H,3H2,1H3. The van der Waals surface area contributed by atoms with Crippen molar-refractivity contribution in [2.24, 2.45) is 0 Å². The van der Waals surface area contributed by atoms with Crippen molar-refractivity contribution < 1.29 is 0 Å². The van der Waals surface area contributed by atoms with E-state index in [1.165, 1.54) is 0 Å². The maximum absolute atomic E-state index is 5.66. The van der Waals surface area contributed by atoms with Gasteiger partial charge in [-0.2, -0.15) is 0 Å². The molecule has 0 saturated heterocycles. The van der Waals surface area contributed by atoms with Crippen molar-refractivity contribution in [2.75, 3.05) is 0 Å². The van der Waals surface area contributed by atoms with Crippen LogP contribution in [0.5, 0.6) is 0 Å². The average Bonchev–Trinajstić information content (AvgIpc) is 1.94. The first-order chi connectivity index (χ1) is 4.74. The Morgan fingerprint density at radius 1 is 1.70 bits per heavy atom. The van der Waals surface area contributed by atoms with Crippen molar-refractivity contribution in [3.8, 4) is 0 Å². The van der Waals surface area contributed by atoms with Gasteiger partial charge in [0.25, 0.3) is 0 Å². The number of hydrogen-bond acceptors (Lipinski definition) is 1. The summed E-state index contributed by atoms with van der Waals surface area (Å²) in [7, 11) is 0. The molecule has 1 nitrogen and oxygen atoms in total. The summed E-state index contributed by atoms with van der Waals surface area (Å²) in [5.74, 6) is 0.551. The number of aryl methyl sites for hydroxylation is 1. The summed E-state index contributed by atoms with van der Waals surface area (Å²) >= 11 is 7.89. The van der Waals surface area contributed by atoms with Gasteiger partial charge < -0.3 is 0 Å². The molecule has 0 atom stereocenters. The van der Waals surface area contributed by atoms with Crippen LogP contribution in [0.4, 0.5) is 0 Å². The number of aromatic nitrogens is 1. The second-order valence-corrected chi connectivity index (χ2v) is 3.54. The molecule has 0 radical (unpaired) electrons. The lowest BCUT2D eigenvalue weighted by Crippen LogP contribution is -1.89. The first-order valence-electron chi connectivity index (χ1n) is 2.91. The van der Waals surface area contributed by atoms with Crippen LogP contribution < -0.4 is 0 Å². The Morgan fingerprint density at radius 3 is 2.90 bits per heavy atom. The molecule has 0 aliphatic carbocycles. The normalized spacial score (nSPS) is 9.90. The summed E-state index contributed by atoms with van der Waals surface area (Å²) in [6.45, 7) is 1.97. The second-order valence-electron chi connectivity index (χ2n) is 2.03. The van der Waals surface area contributed by atoms with Crippen LogP contribution in [0.3, 0.4) is 0 Å². The van der Waals surface area contributed by atoms with Gasteiger partial charge in [-0.25, -0.2) is 0 Å². The minimum absolute atomic E-state index is 0.551. The Labute approximate surface area is 78.9 Å². The van der Waals surface area contributed by atoms with Crippen LogP contribution in [-0.4, -0.2) is 4.98 Å². The van der Waals surface area contributed by atoms with E-state index < -0.39 is 0 Å². The molecule has 0 unspecified atom stereocenters. The van der Waals surface area contributed by atoms with Crippen molar-refractivity contribution in [1.29, 1.82) is 0 Å². The van der Waals surface area contributed by atoms with Gasteiger partial charge in [0.1, 0.15) is 0 Å². The lowest BCUT2D eigenvalue weighted by Gasteiger charge is -1.99. The molecular weight excluding hydrogens is 260 g/mol. The van der Waals surface area contributed by atoms with E-state index in [0.717, 1.165) is 14.8 Å². The molecule has 1 aromatic heterocycles. The lowest BCUT2D eigenvalue weighted by molar-refractivity contribution is 1.12. The number of nitrogens with zero attached hydrogens (tertiary/aromatic N) is 1. The van der Waals surface area contributed by atoms with Gasteiger partial charge in [0.05, 0.1) is 0 Å². The maximum atomic E-state index is 5.66. The monoisotopic (exact) mass is 267 g/mol. The van der Waals surface area contributed by atoms with Crippen molar-refractivity contribution in [1.82, 2.24) is 4.98 Å². The molecule has 0 aliphatic rings. The first kappa shape index (κ1) is 8.27. The lowest BCUT2D eigenvalue weighted by atomic mass is 10.2. The van der Waals surface area contributed by atoms with Gasteiger partial charge in [0.15, 0.2) is 0 Å². The Morgan fingerprint density at radius 2 is 2.40 bits per heavy atom. The first-order valence-corrected chi connectivity index (χ1v) is 4.52. The fourth-order valence-corrected chi connectivity index (χ4v) is 1.47. The molecule has 0 aromatic carbocycles. The number of hydrogen-bond donors (Lipinski definition) is 0. The summed E-state index contributed by atoms with van der Waals surface area (Å²) in [6, 6.07) is 2.05. The zero-order valence-corrected chi connectivity index (χ0v) is 8.48. The van der Waals surface area contributed by atoms with E-state index in [-0.39, 0.29) is 0 Å². The van der Waals surface area contributed by atoms with Crippen LogP contribution >= 0.6 is 34.2 Å². The molecule has 0 amide bonds. The predicted octanol–water partition coefficient (Wildman–Crippen LogP) is 2.73. The Balaban J connectivity index is 3.09. The van der Waals surface area contributed by atoms with E-state index in [2.05, 4.69) is 33.6 Å². The molecular formula is C7H7ClIN. The van der Waals surface area contributed by atoms with Gasteiger partial charge in [0, 0.05) is 21.3 Å². The van der Waals surface area contributed by atoms with Crippen molar-refractivity contribution in [3.63, 3.8) is 0 Å². The molecule has 1 aromatic rings. The van der Waals surface area contributed by atoms with Gasteiger partial charge in [-0.15, -0.1) is 11.6 Å². The second kappa shape index (κ2) is 3.53. The van der Waals surface area contributed by atoms with Gasteiger partial charge in [-0.05, 0) is 41.1 Å². The molecule has 54 valence electrons. The largest absolute Gasteiger partial charge is 0.260 e. The average molecular weight is 267 g/mol. The molecule has 3 heteroatoms. The van der Waals surface area contributed by atoms with E-state index in [1.54, 1.807) is 0 Å². The predicted molar refractivity (Wildman–Crippen MR) is 51.2 cm³/mol. The van der Waals surface area contributed by atoms with Crippen LogP contribution in [0, 0.1) is 10.5 Å². The van der Waals surface area contributed by atoms with E-state index in [4.69, 9.17) is 11.6 Å². The zero-order chi connectivity index (χ0) is 7.56. The van der Waals surface area contributed by atoms with E-state index in [9.17, 15) is 0 Å². The highest BCUT2D eigenvalue weighted by Crippen LogP contribution is 2.11. The third kappa shape index (κ3) is 1.83. The van der Waals surface area contributed by atoms with Gasteiger partial charge in [-0.1, -0.05) is 0 Å². The fourth-order valence-electron chi connectivity index (χ4n) is 0.685. The Bertz CT molecular complexity index is 237. The van der Waals surface area contributed by atoms with Gasteiger partial charge in [0.2, 0.25) is 0 Å². The van der Waals surface area contributed by atoms with Crippen molar-refractivity contribution >= 4 is 34.2 Å². The van der Waals surface area contributed by atoms with Crippen LogP contribution in [0.25, 0.3) is 0 Å². The van der Waals surface area contributed by atoms with Crippen LogP contribution in [0.2, 0.25) is 0 Å². The van der Waals surface area contributed by atoms with Crippen molar-refractivity contribution in [3.05, 3.63) is 27.1 Å². The SMILES string of the molecule is Cc1ncc(I)cc1CCl. The third-order valence-electron chi connectivity index (χ3n) is 1.30. The molecule has 0 fully saturated rings. The van der Waals surface area contributed by atoms with Crippen LogP contribution in [-0.2, 0) is 5.88 Å². The highest BCUT2D eigenvalue weighted by molar-refractivity contribution is 14.1. The minimum Gasteiger partial charge on any atom is -0.260 e. The smallest absolute Gasteiger partial charge is 0.0492 e. The number of rotatable bonds is 1. The summed E-state index contributed by atoms with van der Waals surface area (Å²) in [4.78, 5) is 4.16. The van der Waals surface area contributed by atoms with Crippen molar-refractivity contribution in [2.45, 2.75) is 12.8 Å². The highest BCUT2D eigenvalue weighted by Gasteiger charge is 1.97. The van der Waals surface area contributed by atoms with Crippen LogP contribution in [0.15, 0.2) is 12.3 Å². The molecule has 0 aliphatic heterocycles. The third-order valence-corrected chi connectivity index (χ3v) is 2.18. The molecule has 10 heavy (non-hydrogen) atoms. The van der Waals surface area contributed by atoms with Gasteiger partial charge >= 0.3 is 0 Å². The number of alkyl halides is 1. The molecule has 1 heterocycles. The molecule has 1 rings (SSSR count). The number of halogens is 2. The molecule has 0 N–H and O–H groups in total. The summed E-state index contributed by atoms with van der Waals surface area (Å²) in [5, 5.41) is 0. The van der Waals surface area contributed by atoms with E-state index in [1.807, 2.05) is 13.1 Å². The quantitative estimate of drug-likeness (QED) is 0.563. The molecule has 0 spiro atoms. The Kier molecular flexibility index (Phi) is 2.92. The van der Waals surface area contributed by atoms with E-state index >= 15 is 0 Å². The minimum atomic E-state index is 0.551. The molecule has 0 bridgehead atoms. The van der Waals surface area contributed by atoms with E-state index in [0.29, 0.717) is 5.88 Å². The van der Waals surface area contributed by atoms with Crippen LogP contribution in [0.1, 0.15) is 11.3 Å². The topological polar surface area (TPSA) is 12.9 Å². The maximum Gasteiger partial charge on any atom is 0.0492 e. The van der Waals surface area contributed by atoms with Gasteiger partial charge in [-0.3, -0.25) is 4.98 Å². The Hall–Kier alpha value is 0.170. The number of pyridine rings is 1. The molecule has 0 saturated carbocycles. The summed E-state index contributed by atoms with van der Waals surface area (Å²) < 4.78 is 1.14. The summed E-state index contributed by atoms with van der Waals surface area (Å²) in [6.07, 6.45) is 1.84.